The summed E-state index contributed by atoms with van der Waals surface area (Å²) in [6, 6.07) is 2.95. The Kier molecular flexibility index (Phi) is 4.11. The Balaban J connectivity index is 2.29. The molecule has 0 atom stereocenters. The van der Waals surface area contributed by atoms with Gasteiger partial charge in [0.2, 0.25) is 5.75 Å². The molecule has 6 heteroatoms. The molecule has 1 aromatic rings. The molecule has 2 rings (SSSR count). The Labute approximate surface area is 111 Å². The summed E-state index contributed by atoms with van der Waals surface area (Å²) in [6.07, 6.45) is 0. The van der Waals surface area contributed by atoms with Crippen LogP contribution in [0.5, 0.6) is 17.2 Å². The average molecular weight is 267 g/mol. The lowest BCUT2D eigenvalue weighted by molar-refractivity contribution is 0.0302. The van der Waals surface area contributed by atoms with Crippen LogP contribution in [-0.2, 0) is 4.74 Å². The van der Waals surface area contributed by atoms with Crippen molar-refractivity contribution in [2.75, 3.05) is 40.5 Å². The molecule has 1 amide bonds. The van der Waals surface area contributed by atoms with E-state index >= 15 is 0 Å². The van der Waals surface area contributed by atoms with E-state index in [1.54, 1.807) is 11.0 Å². The molecule has 0 unspecified atom stereocenters. The van der Waals surface area contributed by atoms with Gasteiger partial charge in [-0.2, -0.15) is 0 Å². The van der Waals surface area contributed by atoms with Crippen molar-refractivity contribution in [3.63, 3.8) is 0 Å². The normalized spacial score (nSPS) is 15.2. The number of ether oxygens (including phenoxy) is 3. The lowest BCUT2D eigenvalue weighted by Gasteiger charge is -2.27. The van der Waals surface area contributed by atoms with Crippen LogP contribution < -0.4 is 9.47 Å². The van der Waals surface area contributed by atoms with Crippen molar-refractivity contribution in [3.8, 4) is 17.2 Å². The van der Waals surface area contributed by atoms with Gasteiger partial charge in [0, 0.05) is 18.7 Å². The minimum absolute atomic E-state index is 0.113. The number of nitrogens with zero attached hydrogens (tertiary/aromatic N) is 1. The van der Waals surface area contributed by atoms with Crippen LogP contribution in [0.3, 0.4) is 0 Å². The summed E-state index contributed by atoms with van der Waals surface area (Å²) in [5, 5.41) is 9.85. The van der Waals surface area contributed by atoms with E-state index in [0.29, 0.717) is 37.6 Å². The van der Waals surface area contributed by atoms with Crippen LogP contribution in [-0.4, -0.2) is 56.4 Å². The van der Waals surface area contributed by atoms with Crippen LogP contribution in [0.4, 0.5) is 0 Å². The summed E-state index contributed by atoms with van der Waals surface area (Å²) in [7, 11) is 2.89. The summed E-state index contributed by atoms with van der Waals surface area (Å²) in [5.41, 5.74) is 0.372. The Morgan fingerprint density at radius 1 is 1.26 bits per heavy atom. The zero-order valence-corrected chi connectivity index (χ0v) is 11.0. The van der Waals surface area contributed by atoms with Gasteiger partial charge < -0.3 is 24.2 Å². The van der Waals surface area contributed by atoms with Crippen molar-refractivity contribution in [2.45, 2.75) is 0 Å². The van der Waals surface area contributed by atoms with Crippen LogP contribution in [0.25, 0.3) is 0 Å². The zero-order chi connectivity index (χ0) is 13.8. The second kappa shape index (κ2) is 5.79. The molecular weight excluding hydrogens is 250 g/mol. The number of carbonyl (C=O) groups is 1. The van der Waals surface area contributed by atoms with Crippen molar-refractivity contribution < 1.29 is 24.1 Å². The van der Waals surface area contributed by atoms with Crippen molar-refractivity contribution in [2.24, 2.45) is 0 Å². The molecule has 1 aromatic carbocycles. The molecule has 0 aromatic heterocycles. The number of amides is 1. The third kappa shape index (κ3) is 2.73. The molecule has 19 heavy (non-hydrogen) atoms. The maximum Gasteiger partial charge on any atom is 0.254 e. The summed E-state index contributed by atoms with van der Waals surface area (Å²) >= 11 is 0. The monoisotopic (exact) mass is 267 g/mol. The summed E-state index contributed by atoms with van der Waals surface area (Å²) in [6.45, 7) is 2.16. The molecule has 1 saturated heterocycles. The molecule has 1 aliphatic heterocycles. The minimum atomic E-state index is -0.153. The van der Waals surface area contributed by atoms with Crippen LogP contribution in [0, 0.1) is 0 Å². The molecule has 1 heterocycles. The van der Waals surface area contributed by atoms with Gasteiger partial charge in [0.05, 0.1) is 27.4 Å². The Hall–Kier alpha value is -1.95. The van der Waals surface area contributed by atoms with E-state index in [1.807, 2.05) is 0 Å². The maximum atomic E-state index is 12.3. The third-order valence-corrected chi connectivity index (χ3v) is 3.00. The van der Waals surface area contributed by atoms with E-state index in [-0.39, 0.29) is 17.4 Å². The SMILES string of the molecule is COc1cc(C(=O)N2CCOCC2)cc(O)c1OC. The summed E-state index contributed by atoms with van der Waals surface area (Å²) in [4.78, 5) is 14.0. The van der Waals surface area contributed by atoms with Gasteiger partial charge in [-0.25, -0.2) is 0 Å². The quantitative estimate of drug-likeness (QED) is 0.880. The number of methoxy groups -OCH3 is 2. The molecule has 6 nitrogen and oxygen atoms in total. The van der Waals surface area contributed by atoms with Crippen molar-refractivity contribution in [3.05, 3.63) is 17.7 Å². The topological polar surface area (TPSA) is 68.2 Å². The molecule has 1 fully saturated rings. The number of phenols is 1. The molecule has 0 saturated carbocycles. The molecule has 0 aliphatic carbocycles. The smallest absolute Gasteiger partial charge is 0.254 e. The van der Waals surface area contributed by atoms with Crippen molar-refractivity contribution in [1.82, 2.24) is 4.90 Å². The highest BCUT2D eigenvalue weighted by atomic mass is 16.5. The lowest BCUT2D eigenvalue weighted by Crippen LogP contribution is -2.40. The number of carbonyl (C=O) groups excluding carboxylic acids is 1. The van der Waals surface area contributed by atoms with Gasteiger partial charge in [-0.1, -0.05) is 0 Å². The van der Waals surface area contributed by atoms with Crippen LogP contribution >= 0.6 is 0 Å². The van der Waals surface area contributed by atoms with Gasteiger partial charge >= 0.3 is 0 Å². The second-order valence-electron chi connectivity index (χ2n) is 4.14. The number of hydrogen-bond acceptors (Lipinski definition) is 5. The first kappa shape index (κ1) is 13.5. The fourth-order valence-electron chi connectivity index (χ4n) is 2.02. The van der Waals surface area contributed by atoms with E-state index in [4.69, 9.17) is 14.2 Å². The molecule has 0 radical (unpaired) electrons. The predicted molar refractivity (Wildman–Crippen MR) is 67.9 cm³/mol. The highest BCUT2D eigenvalue weighted by Crippen LogP contribution is 2.37. The summed E-state index contributed by atoms with van der Waals surface area (Å²) in [5.74, 6) is 0.290. The third-order valence-electron chi connectivity index (χ3n) is 3.00. The van der Waals surface area contributed by atoms with Crippen LogP contribution in [0.15, 0.2) is 12.1 Å². The molecule has 0 bridgehead atoms. The predicted octanol–water partition coefficient (Wildman–Crippen LogP) is 0.882. The first-order valence-electron chi connectivity index (χ1n) is 5.99. The van der Waals surface area contributed by atoms with Gasteiger partial charge in [0.15, 0.2) is 11.5 Å². The zero-order valence-electron chi connectivity index (χ0n) is 11.0. The van der Waals surface area contributed by atoms with E-state index < -0.39 is 0 Å². The fraction of sp³-hybridized carbons (Fsp3) is 0.462. The van der Waals surface area contributed by atoms with Crippen LogP contribution in [0.2, 0.25) is 0 Å². The first-order chi connectivity index (χ1) is 9.17. The van der Waals surface area contributed by atoms with Gasteiger partial charge in [-0.05, 0) is 12.1 Å². The van der Waals surface area contributed by atoms with Crippen LogP contribution in [0.1, 0.15) is 10.4 Å². The Morgan fingerprint density at radius 3 is 2.53 bits per heavy atom. The molecular formula is C13H17NO5. The maximum absolute atomic E-state index is 12.3. The largest absolute Gasteiger partial charge is 0.504 e. The Morgan fingerprint density at radius 2 is 1.95 bits per heavy atom. The van der Waals surface area contributed by atoms with Gasteiger partial charge in [0.1, 0.15) is 0 Å². The van der Waals surface area contributed by atoms with Gasteiger partial charge in [-0.15, -0.1) is 0 Å². The molecule has 0 spiro atoms. The van der Waals surface area contributed by atoms with Gasteiger partial charge in [0.25, 0.3) is 5.91 Å². The van der Waals surface area contributed by atoms with E-state index in [2.05, 4.69) is 0 Å². The standard InChI is InChI=1S/C13H17NO5/c1-17-11-8-9(7-10(15)12(11)18-2)13(16)14-3-5-19-6-4-14/h7-8,15H,3-6H2,1-2H3. The molecule has 1 aliphatic rings. The summed E-state index contributed by atoms with van der Waals surface area (Å²) < 4.78 is 15.3. The second-order valence-corrected chi connectivity index (χ2v) is 4.14. The van der Waals surface area contributed by atoms with E-state index in [9.17, 15) is 9.90 Å². The highest BCUT2D eigenvalue weighted by molar-refractivity contribution is 5.95. The average Bonchev–Trinajstić information content (AvgIpc) is 2.46. The van der Waals surface area contributed by atoms with E-state index in [0.717, 1.165) is 0 Å². The fourth-order valence-corrected chi connectivity index (χ4v) is 2.02. The molecule has 1 N–H and O–H groups in total. The number of benzene rings is 1. The molecule has 104 valence electrons. The van der Waals surface area contributed by atoms with Crippen molar-refractivity contribution >= 4 is 5.91 Å². The minimum Gasteiger partial charge on any atom is -0.504 e. The number of rotatable bonds is 3. The number of phenolic OH excluding ortho intramolecular Hbond substituents is 1. The lowest BCUT2D eigenvalue weighted by atomic mass is 10.1. The number of aromatic hydroxyl groups is 1. The highest BCUT2D eigenvalue weighted by Gasteiger charge is 2.21. The van der Waals surface area contributed by atoms with Gasteiger partial charge in [-0.3, -0.25) is 4.79 Å². The van der Waals surface area contributed by atoms with E-state index in [1.165, 1.54) is 20.3 Å². The number of hydrogen-bond donors (Lipinski definition) is 1. The van der Waals surface area contributed by atoms with Crippen molar-refractivity contribution in [1.29, 1.82) is 0 Å². The number of morpholine rings is 1. The Bertz CT molecular complexity index is 468. The first-order valence-corrected chi connectivity index (χ1v) is 5.99.